The third-order valence-corrected chi connectivity index (χ3v) is 4.47. The van der Waals surface area contributed by atoms with Crippen LogP contribution in [0.25, 0.3) is 0 Å². The molecular weight excluding hydrogens is 345 g/mol. The molecule has 0 saturated heterocycles. The van der Waals surface area contributed by atoms with Gasteiger partial charge in [-0.2, -0.15) is 0 Å². The number of oxazole rings is 1. The fraction of sp³-hybridized carbons (Fsp3) is 0.235. The van der Waals surface area contributed by atoms with Crippen molar-refractivity contribution in [2.75, 3.05) is 0 Å². The maximum Gasteiger partial charge on any atom is 0.273 e. The number of para-hydroxylation sites is 1. The predicted octanol–water partition coefficient (Wildman–Crippen LogP) is 3.65. The van der Waals surface area contributed by atoms with Gasteiger partial charge in [-0.05, 0) is 26.0 Å². The van der Waals surface area contributed by atoms with E-state index in [2.05, 4.69) is 15.3 Å². The van der Waals surface area contributed by atoms with Crippen molar-refractivity contribution in [3.8, 4) is 5.75 Å². The van der Waals surface area contributed by atoms with E-state index in [-0.39, 0.29) is 35.9 Å². The van der Waals surface area contributed by atoms with Crippen molar-refractivity contribution in [3.63, 3.8) is 0 Å². The van der Waals surface area contributed by atoms with Gasteiger partial charge in [-0.3, -0.25) is 4.79 Å². The second kappa shape index (κ2) is 7.43. The van der Waals surface area contributed by atoms with Crippen molar-refractivity contribution in [1.82, 2.24) is 15.3 Å². The molecule has 0 saturated carbocycles. The minimum Gasteiger partial charge on any atom is -0.481 e. The number of benzene rings is 1. The summed E-state index contributed by atoms with van der Waals surface area (Å²) < 4.78 is 24.0. The lowest BCUT2D eigenvalue weighted by Gasteiger charge is -2.09. The zero-order valence-corrected chi connectivity index (χ0v) is 14.5. The molecule has 0 fully saturated rings. The second-order valence-electron chi connectivity index (χ2n) is 5.37. The Kier molecular flexibility index (Phi) is 5.08. The molecule has 2 aromatic heterocycles. The third kappa shape index (κ3) is 4.21. The number of rotatable bonds is 6. The minimum atomic E-state index is -0.473. The van der Waals surface area contributed by atoms with E-state index in [1.807, 2.05) is 19.2 Å². The van der Waals surface area contributed by atoms with Crippen molar-refractivity contribution in [1.29, 1.82) is 0 Å². The Bertz CT molecular complexity index is 877. The molecule has 8 heteroatoms. The summed E-state index contributed by atoms with van der Waals surface area (Å²) in [6.45, 7) is 3.67. The van der Waals surface area contributed by atoms with Crippen LogP contribution in [0.3, 0.4) is 0 Å². The smallest absolute Gasteiger partial charge is 0.273 e. The van der Waals surface area contributed by atoms with Crippen LogP contribution in [0.15, 0.2) is 40.3 Å². The normalized spacial score (nSPS) is 12.0. The molecule has 1 unspecified atom stereocenters. The maximum absolute atomic E-state index is 13.5. The standard InChI is InChI=1S/C17H16FN3O3S/c1-10-9-25-17(19-10)11(2)20-16(22)13-7-24-15(21-13)8-23-14-6-4-3-5-12(14)18/h3-7,9,11H,8H2,1-2H3,(H,20,22). The van der Waals surface area contributed by atoms with Crippen LogP contribution in [-0.2, 0) is 6.61 Å². The molecule has 0 spiro atoms. The fourth-order valence-corrected chi connectivity index (χ4v) is 2.89. The minimum absolute atomic E-state index is 0.0740. The topological polar surface area (TPSA) is 77.2 Å². The summed E-state index contributed by atoms with van der Waals surface area (Å²) in [5, 5.41) is 5.55. The monoisotopic (exact) mass is 361 g/mol. The molecule has 3 aromatic rings. The highest BCUT2D eigenvalue weighted by Crippen LogP contribution is 2.19. The van der Waals surface area contributed by atoms with Gasteiger partial charge in [0.15, 0.2) is 23.9 Å². The Morgan fingerprint density at radius 3 is 2.92 bits per heavy atom. The molecule has 25 heavy (non-hydrogen) atoms. The van der Waals surface area contributed by atoms with Gasteiger partial charge in [0.1, 0.15) is 11.3 Å². The number of carbonyl (C=O) groups is 1. The van der Waals surface area contributed by atoms with E-state index in [9.17, 15) is 9.18 Å². The highest BCUT2D eigenvalue weighted by molar-refractivity contribution is 7.09. The van der Waals surface area contributed by atoms with E-state index in [0.717, 1.165) is 10.7 Å². The number of nitrogens with one attached hydrogen (secondary N) is 1. The SMILES string of the molecule is Cc1csc(C(C)NC(=O)c2coc(COc3ccccc3F)n2)n1. The van der Waals surface area contributed by atoms with Crippen LogP contribution in [0.2, 0.25) is 0 Å². The molecular formula is C17H16FN3O3S. The molecule has 0 radical (unpaired) electrons. The van der Waals surface area contributed by atoms with E-state index in [0.29, 0.717) is 0 Å². The number of ether oxygens (including phenoxy) is 1. The van der Waals surface area contributed by atoms with E-state index < -0.39 is 5.82 Å². The highest BCUT2D eigenvalue weighted by Gasteiger charge is 2.17. The van der Waals surface area contributed by atoms with Crippen LogP contribution < -0.4 is 10.1 Å². The second-order valence-corrected chi connectivity index (χ2v) is 6.26. The Labute approximate surface area is 147 Å². The first-order valence-corrected chi connectivity index (χ1v) is 8.45. The zero-order valence-electron chi connectivity index (χ0n) is 13.7. The first-order valence-electron chi connectivity index (χ1n) is 7.57. The van der Waals surface area contributed by atoms with Crippen LogP contribution >= 0.6 is 11.3 Å². The Morgan fingerprint density at radius 1 is 1.40 bits per heavy atom. The van der Waals surface area contributed by atoms with Gasteiger partial charge in [0.05, 0.1) is 6.04 Å². The quantitative estimate of drug-likeness (QED) is 0.725. The number of halogens is 1. The molecule has 130 valence electrons. The van der Waals surface area contributed by atoms with Gasteiger partial charge in [0.2, 0.25) is 5.89 Å². The summed E-state index contributed by atoms with van der Waals surface area (Å²) in [6, 6.07) is 5.80. The number of carbonyl (C=O) groups excluding carboxylic acids is 1. The number of amides is 1. The lowest BCUT2D eigenvalue weighted by molar-refractivity contribution is 0.0934. The lowest BCUT2D eigenvalue weighted by Crippen LogP contribution is -2.26. The molecule has 2 heterocycles. The highest BCUT2D eigenvalue weighted by atomic mass is 32.1. The molecule has 0 aliphatic heterocycles. The molecule has 0 bridgehead atoms. The van der Waals surface area contributed by atoms with Crippen LogP contribution in [0.1, 0.15) is 40.0 Å². The van der Waals surface area contributed by atoms with Gasteiger partial charge in [0, 0.05) is 11.1 Å². The van der Waals surface area contributed by atoms with E-state index >= 15 is 0 Å². The van der Waals surface area contributed by atoms with E-state index in [1.54, 1.807) is 12.1 Å². The fourth-order valence-electron chi connectivity index (χ4n) is 2.09. The van der Waals surface area contributed by atoms with Crippen LogP contribution in [0.4, 0.5) is 4.39 Å². The van der Waals surface area contributed by atoms with Crippen LogP contribution in [-0.4, -0.2) is 15.9 Å². The van der Waals surface area contributed by atoms with E-state index in [1.165, 1.54) is 29.7 Å². The molecule has 0 aliphatic carbocycles. The van der Waals surface area contributed by atoms with Crippen molar-refractivity contribution in [2.45, 2.75) is 26.5 Å². The third-order valence-electron chi connectivity index (χ3n) is 3.33. The van der Waals surface area contributed by atoms with Gasteiger partial charge in [-0.1, -0.05) is 12.1 Å². The Morgan fingerprint density at radius 2 is 2.20 bits per heavy atom. The summed E-state index contributed by atoms with van der Waals surface area (Å²) in [4.78, 5) is 20.6. The van der Waals surface area contributed by atoms with Gasteiger partial charge >= 0.3 is 0 Å². The summed E-state index contributed by atoms with van der Waals surface area (Å²) in [5.74, 6) is -0.563. The van der Waals surface area contributed by atoms with E-state index in [4.69, 9.17) is 9.15 Å². The molecule has 6 nitrogen and oxygen atoms in total. The molecule has 1 atom stereocenters. The number of hydrogen-bond acceptors (Lipinski definition) is 6. The Hall–Kier alpha value is -2.74. The summed E-state index contributed by atoms with van der Waals surface area (Å²) in [6.07, 6.45) is 1.25. The zero-order chi connectivity index (χ0) is 17.8. The molecule has 1 amide bonds. The largest absolute Gasteiger partial charge is 0.481 e. The number of thiazole rings is 1. The summed E-state index contributed by atoms with van der Waals surface area (Å²) >= 11 is 1.48. The first kappa shape index (κ1) is 17.1. The summed E-state index contributed by atoms with van der Waals surface area (Å²) in [7, 11) is 0. The van der Waals surface area contributed by atoms with Crippen LogP contribution in [0, 0.1) is 12.7 Å². The average molecular weight is 361 g/mol. The number of hydrogen-bond donors (Lipinski definition) is 1. The number of aryl methyl sites for hydroxylation is 1. The van der Waals surface area contributed by atoms with Crippen molar-refractivity contribution < 1.29 is 18.3 Å². The molecule has 1 aromatic carbocycles. The van der Waals surface area contributed by atoms with Crippen molar-refractivity contribution in [3.05, 3.63) is 64.0 Å². The van der Waals surface area contributed by atoms with Crippen LogP contribution in [0.5, 0.6) is 5.75 Å². The molecule has 3 rings (SSSR count). The maximum atomic E-state index is 13.5. The van der Waals surface area contributed by atoms with Crippen molar-refractivity contribution >= 4 is 17.2 Å². The lowest BCUT2D eigenvalue weighted by atomic mass is 10.3. The number of aromatic nitrogens is 2. The first-order chi connectivity index (χ1) is 12.0. The molecule has 1 N–H and O–H groups in total. The van der Waals surface area contributed by atoms with Gasteiger partial charge < -0.3 is 14.5 Å². The van der Waals surface area contributed by atoms with Gasteiger partial charge in [0.25, 0.3) is 5.91 Å². The van der Waals surface area contributed by atoms with Gasteiger partial charge in [-0.25, -0.2) is 14.4 Å². The molecule has 0 aliphatic rings. The van der Waals surface area contributed by atoms with Gasteiger partial charge in [-0.15, -0.1) is 11.3 Å². The predicted molar refractivity (Wildman–Crippen MR) is 90.0 cm³/mol. The number of nitrogens with zero attached hydrogens (tertiary/aromatic N) is 2. The van der Waals surface area contributed by atoms with Crippen molar-refractivity contribution in [2.24, 2.45) is 0 Å². The summed E-state index contributed by atoms with van der Waals surface area (Å²) in [5.41, 5.74) is 1.04. The Balaban J connectivity index is 1.59. The average Bonchev–Trinajstić information content (AvgIpc) is 3.23.